The third-order valence-corrected chi connectivity index (χ3v) is 20.1. The molecule has 18 heavy (non-hydrogen) atoms. The zero-order valence-electron chi connectivity index (χ0n) is 13.5. The summed E-state index contributed by atoms with van der Waals surface area (Å²) in [7, 11) is 0. The zero-order chi connectivity index (χ0) is 13.9. The molecule has 0 aliphatic heterocycles. The molecule has 0 nitrogen and oxygen atoms in total. The summed E-state index contributed by atoms with van der Waals surface area (Å²) in [6.07, 6.45) is 10.0. The molecule has 0 rings (SSSR count). The monoisotopic (exact) mass is 360 g/mol. The first kappa shape index (κ1) is 18.5. The molecule has 0 aromatic heterocycles. The minimum atomic E-state index is -1.81. The number of allylic oxidation sites excluding steroid dienone is 1. The Hall–Kier alpha value is 0.539. The summed E-state index contributed by atoms with van der Waals surface area (Å²) in [5.74, 6) is 0. The van der Waals surface area contributed by atoms with E-state index in [0.717, 1.165) is 0 Å². The van der Waals surface area contributed by atoms with Crippen LogP contribution in [-0.2, 0) is 0 Å². The summed E-state index contributed by atoms with van der Waals surface area (Å²) in [6.45, 7) is 13.4. The van der Waals surface area contributed by atoms with Crippen molar-refractivity contribution in [1.29, 1.82) is 0 Å². The van der Waals surface area contributed by atoms with Gasteiger partial charge < -0.3 is 0 Å². The first-order valence-electron chi connectivity index (χ1n) is 8.24. The van der Waals surface area contributed by atoms with E-state index in [1.165, 1.54) is 50.5 Å². The van der Waals surface area contributed by atoms with E-state index in [-0.39, 0.29) is 0 Å². The van der Waals surface area contributed by atoms with Crippen molar-refractivity contribution in [3.8, 4) is 0 Å². The Morgan fingerprint density at radius 1 is 0.778 bits per heavy atom. The van der Waals surface area contributed by atoms with Gasteiger partial charge in [0.25, 0.3) is 0 Å². The van der Waals surface area contributed by atoms with E-state index in [2.05, 4.69) is 34.3 Å². The number of unbranched alkanes of at least 4 members (excludes halogenated alkanes) is 3. The molecule has 0 heterocycles. The van der Waals surface area contributed by atoms with Gasteiger partial charge in [-0.1, -0.05) is 0 Å². The molecule has 0 aromatic carbocycles. The van der Waals surface area contributed by atoms with E-state index >= 15 is 0 Å². The van der Waals surface area contributed by atoms with Crippen LogP contribution in [0.1, 0.15) is 72.6 Å². The summed E-state index contributed by atoms with van der Waals surface area (Å²) < 4.78 is 6.54. The van der Waals surface area contributed by atoms with Gasteiger partial charge in [-0.05, 0) is 0 Å². The molecule has 0 radical (unpaired) electrons. The first-order chi connectivity index (χ1) is 8.60. The Kier molecular flexibility index (Phi) is 11.7. The molecule has 0 amide bonds. The van der Waals surface area contributed by atoms with Crippen molar-refractivity contribution in [2.45, 2.75) is 90.4 Å². The summed E-state index contributed by atoms with van der Waals surface area (Å²) in [6, 6.07) is 0. The second-order valence-corrected chi connectivity index (χ2v) is 20.5. The van der Waals surface area contributed by atoms with Crippen LogP contribution in [0, 0.1) is 0 Å². The van der Waals surface area contributed by atoms with E-state index in [1.54, 1.807) is 17.7 Å². The Morgan fingerprint density at radius 2 is 1.17 bits per heavy atom. The van der Waals surface area contributed by atoms with E-state index in [9.17, 15) is 0 Å². The molecule has 0 saturated heterocycles. The summed E-state index contributed by atoms with van der Waals surface area (Å²) in [4.78, 5) is 0. The van der Waals surface area contributed by atoms with Crippen LogP contribution in [0.5, 0.6) is 0 Å². The Morgan fingerprint density at radius 3 is 1.44 bits per heavy atom. The van der Waals surface area contributed by atoms with Gasteiger partial charge in [-0.25, -0.2) is 0 Å². The van der Waals surface area contributed by atoms with E-state index < -0.39 is 18.4 Å². The number of hydrogen-bond donors (Lipinski definition) is 0. The van der Waals surface area contributed by atoms with Crippen molar-refractivity contribution in [3.63, 3.8) is 0 Å². The molecule has 0 saturated carbocycles. The Labute approximate surface area is 121 Å². The van der Waals surface area contributed by atoms with Crippen LogP contribution in [0.3, 0.4) is 0 Å². The van der Waals surface area contributed by atoms with Crippen LogP contribution in [-0.4, -0.2) is 18.4 Å². The average molecular weight is 359 g/mol. The summed E-state index contributed by atoms with van der Waals surface area (Å²) >= 11 is -1.81. The molecule has 0 spiro atoms. The molecule has 0 unspecified atom stereocenters. The van der Waals surface area contributed by atoms with Crippen LogP contribution < -0.4 is 0 Å². The van der Waals surface area contributed by atoms with Crippen molar-refractivity contribution in [2.75, 3.05) is 0 Å². The quantitative estimate of drug-likeness (QED) is 0.265. The molecule has 108 valence electrons. The van der Waals surface area contributed by atoms with Gasteiger partial charge in [0.05, 0.1) is 0 Å². The van der Waals surface area contributed by atoms with Crippen molar-refractivity contribution < 1.29 is 0 Å². The van der Waals surface area contributed by atoms with Crippen molar-refractivity contribution in [1.82, 2.24) is 0 Å². The van der Waals surface area contributed by atoms with Crippen LogP contribution in [0.15, 0.2) is 12.2 Å². The second-order valence-electron chi connectivity index (χ2n) is 6.27. The molecule has 0 fully saturated rings. The maximum absolute atomic E-state index is 4.13. The molecule has 0 aromatic rings. The molecule has 1 heteroatoms. The van der Waals surface area contributed by atoms with Crippen LogP contribution in [0.4, 0.5) is 0 Å². The molecule has 0 aliphatic carbocycles. The van der Waals surface area contributed by atoms with Gasteiger partial charge in [0, 0.05) is 0 Å². The fraction of sp³-hybridized carbons (Fsp3) is 0.882. The number of hydrogen-bond acceptors (Lipinski definition) is 0. The number of rotatable bonds is 12. The van der Waals surface area contributed by atoms with Gasteiger partial charge in [-0.2, -0.15) is 0 Å². The molecular weight excluding hydrogens is 323 g/mol. The fourth-order valence-electron chi connectivity index (χ4n) is 2.88. The standard InChI is InChI=1S/C5H9.3C4H9.Sn/c1-4-5(2)3;3*1-3-4-2;/h1-2,4H2,3H3;3*1,3-4H2,2H3;. The average Bonchev–Trinajstić information content (AvgIpc) is 2.37. The predicted molar refractivity (Wildman–Crippen MR) is 89.1 cm³/mol. The second kappa shape index (κ2) is 11.4. The van der Waals surface area contributed by atoms with Crippen LogP contribution in [0.25, 0.3) is 0 Å². The predicted octanol–water partition coefficient (Wildman–Crippen LogP) is 6.80. The van der Waals surface area contributed by atoms with Gasteiger partial charge in [0.2, 0.25) is 0 Å². The SMILES string of the molecule is C=C(C)C[CH2][Sn]([CH2]CCC)([CH2]CCC)[CH2]CCC. The summed E-state index contributed by atoms with van der Waals surface area (Å²) in [5, 5.41) is 0. The first-order valence-corrected chi connectivity index (χ1v) is 16.3. The van der Waals surface area contributed by atoms with E-state index in [0.29, 0.717) is 0 Å². The molecule has 0 bridgehead atoms. The van der Waals surface area contributed by atoms with Gasteiger partial charge in [0.1, 0.15) is 0 Å². The molecule has 0 N–H and O–H groups in total. The topological polar surface area (TPSA) is 0 Å². The van der Waals surface area contributed by atoms with Crippen LogP contribution in [0.2, 0.25) is 17.7 Å². The van der Waals surface area contributed by atoms with Crippen molar-refractivity contribution in [2.24, 2.45) is 0 Å². The van der Waals surface area contributed by atoms with E-state index in [4.69, 9.17) is 0 Å². The van der Waals surface area contributed by atoms with Gasteiger partial charge in [-0.3, -0.25) is 0 Å². The van der Waals surface area contributed by atoms with Crippen LogP contribution >= 0.6 is 0 Å². The molecular formula is C17H36Sn. The third-order valence-electron chi connectivity index (χ3n) is 4.26. The normalized spacial score (nSPS) is 11.8. The Balaban J connectivity index is 4.55. The maximum atomic E-state index is 4.13. The molecule has 0 atom stereocenters. The molecule has 0 aliphatic rings. The Bertz CT molecular complexity index is 186. The minimum absolute atomic E-state index is 1.33. The van der Waals surface area contributed by atoms with E-state index in [1.807, 2.05) is 0 Å². The van der Waals surface area contributed by atoms with Gasteiger partial charge >= 0.3 is 121 Å². The zero-order valence-corrected chi connectivity index (χ0v) is 16.3. The van der Waals surface area contributed by atoms with Gasteiger partial charge in [-0.15, -0.1) is 0 Å². The van der Waals surface area contributed by atoms with Crippen molar-refractivity contribution >= 4 is 18.4 Å². The summed E-state index contributed by atoms with van der Waals surface area (Å²) in [5.41, 5.74) is 1.42. The fourth-order valence-corrected chi connectivity index (χ4v) is 19.3. The van der Waals surface area contributed by atoms with Crippen molar-refractivity contribution in [3.05, 3.63) is 12.2 Å². The van der Waals surface area contributed by atoms with Gasteiger partial charge in [0.15, 0.2) is 0 Å². The third kappa shape index (κ3) is 8.61.